The molecule has 0 spiro atoms. The molecule has 0 saturated heterocycles. The minimum Gasteiger partial charge on any atom is -0.434 e. The van der Waals surface area contributed by atoms with Crippen LogP contribution < -0.4 is 10.1 Å². The maximum absolute atomic E-state index is 12.2. The summed E-state index contributed by atoms with van der Waals surface area (Å²) in [6.07, 6.45) is 1.73. The number of nitrogens with one attached hydrogen (secondary N) is 1. The van der Waals surface area contributed by atoms with Gasteiger partial charge in [-0.1, -0.05) is 11.6 Å². The van der Waals surface area contributed by atoms with Crippen LogP contribution in [0, 0.1) is 5.92 Å². The van der Waals surface area contributed by atoms with Gasteiger partial charge >= 0.3 is 6.61 Å². The van der Waals surface area contributed by atoms with Crippen LogP contribution in [0.5, 0.6) is 5.75 Å². The number of alkyl halides is 2. The Kier molecular flexibility index (Phi) is 4.96. The second-order valence-electron chi connectivity index (χ2n) is 4.67. The van der Waals surface area contributed by atoms with E-state index in [1.165, 1.54) is 12.1 Å². The molecule has 19 heavy (non-hydrogen) atoms. The van der Waals surface area contributed by atoms with Crippen molar-refractivity contribution in [3.63, 3.8) is 0 Å². The molecule has 1 aliphatic carbocycles. The van der Waals surface area contributed by atoms with E-state index in [1.54, 1.807) is 6.07 Å². The van der Waals surface area contributed by atoms with Gasteiger partial charge in [-0.15, -0.1) is 0 Å². The lowest BCUT2D eigenvalue weighted by atomic mass is 10.2. The monoisotopic (exact) mass is 291 g/mol. The molecule has 106 valence electrons. The van der Waals surface area contributed by atoms with Gasteiger partial charge in [-0.25, -0.2) is 0 Å². The Bertz CT molecular complexity index is 427. The Morgan fingerprint density at radius 3 is 2.79 bits per heavy atom. The number of hydrogen-bond donors (Lipinski definition) is 2. The summed E-state index contributed by atoms with van der Waals surface area (Å²) in [5.41, 5.74) is 0.552. The van der Waals surface area contributed by atoms with E-state index < -0.39 is 6.61 Å². The van der Waals surface area contributed by atoms with Crippen LogP contribution in [0.2, 0.25) is 5.02 Å². The first kappa shape index (κ1) is 14.5. The molecule has 0 aliphatic heterocycles. The van der Waals surface area contributed by atoms with Crippen molar-refractivity contribution < 1.29 is 18.6 Å². The molecule has 0 radical (unpaired) electrons. The first-order valence-electron chi connectivity index (χ1n) is 6.18. The molecule has 0 amide bonds. The number of ether oxygens (including phenoxy) is 1. The summed E-state index contributed by atoms with van der Waals surface area (Å²) in [5.74, 6) is 0.483. The van der Waals surface area contributed by atoms with Crippen molar-refractivity contribution in [2.45, 2.75) is 32.1 Å². The molecule has 1 aromatic rings. The molecule has 1 aliphatic rings. The summed E-state index contributed by atoms with van der Waals surface area (Å²) in [4.78, 5) is 0. The highest BCUT2D eigenvalue weighted by Crippen LogP contribution is 2.32. The van der Waals surface area contributed by atoms with Crippen LogP contribution in [-0.4, -0.2) is 24.4 Å². The normalized spacial score (nSPS) is 16.7. The molecule has 0 heterocycles. The third kappa shape index (κ3) is 4.60. The largest absolute Gasteiger partial charge is 0.434 e. The summed E-state index contributed by atoms with van der Waals surface area (Å²) in [5, 5.41) is 13.2. The molecular weight excluding hydrogens is 276 g/mol. The van der Waals surface area contributed by atoms with E-state index in [-0.39, 0.29) is 11.9 Å². The van der Waals surface area contributed by atoms with Crippen LogP contribution in [0.1, 0.15) is 18.4 Å². The smallest absolute Gasteiger partial charge is 0.387 e. The van der Waals surface area contributed by atoms with Gasteiger partial charge in [-0.3, -0.25) is 0 Å². The van der Waals surface area contributed by atoms with Gasteiger partial charge in [0.2, 0.25) is 0 Å². The Labute approximate surface area is 115 Å². The predicted molar refractivity (Wildman–Crippen MR) is 68.5 cm³/mol. The molecule has 6 heteroatoms. The van der Waals surface area contributed by atoms with Crippen molar-refractivity contribution in [3.8, 4) is 5.75 Å². The quantitative estimate of drug-likeness (QED) is 0.812. The standard InChI is InChI=1S/C13H16ClF2NO2/c14-10-3-4-12(19-13(15)16)9(5-10)6-17-7-11(18)8-1-2-8/h3-5,8,11,13,17-18H,1-2,6-7H2. The number of rotatable bonds is 7. The third-order valence-electron chi connectivity index (χ3n) is 3.07. The highest BCUT2D eigenvalue weighted by Gasteiger charge is 2.29. The second-order valence-corrected chi connectivity index (χ2v) is 5.10. The number of aliphatic hydroxyl groups is 1. The van der Waals surface area contributed by atoms with Crippen LogP contribution in [0.3, 0.4) is 0 Å². The van der Waals surface area contributed by atoms with Gasteiger partial charge in [0, 0.05) is 23.7 Å². The summed E-state index contributed by atoms with van der Waals surface area (Å²) in [6.45, 7) is -2.10. The fraction of sp³-hybridized carbons (Fsp3) is 0.538. The molecule has 3 nitrogen and oxygen atoms in total. The van der Waals surface area contributed by atoms with Crippen LogP contribution in [0.25, 0.3) is 0 Å². The Balaban J connectivity index is 1.91. The highest BCUT2D eigenvalue weighted by molar-refractivity contribution is 6.30. The number of hydrogen-bond acceptors (Lipinski definition) is 3. The molecule has 1 saturated carbocycles. The lowest BCUT2D eigenvalue weighted by Crippen LogP contribution is -2.28. The van der Waals surface area contributed by atoms with Crippen LogP contribution >= 0.6 is 11.6 Å². The van der Waals surface area contributed by atoms with Gasteiger partial charge in [-0.05, 0) is 37.0 Å². The fourth-order valence-corrected chi connectivity index (χ4v) is 2.09. The van der Waals surface area contributed by atoms with E-state index in [1.807, 2.05) is 0 Å². The maximum atomic E-state index is 12.2. The number of halogens is 3. The van der Waals surface area contributed by atoms with E-state index in [0.29, 0.717) is 29.6 Å². The number of aliphatic hydroxyl groups excluding tert-OH is 1. The van der Waals surface area contributed by atoms with Crippen molar-refractivity contribution >= 4 is 11.6 Å². The first-order valence-corrected chi connectivity index (χ1v) is 6.56. The van der Waals surface area contributed by atoms with E-state index >= 15 is 0 Å². The van der Waals surface area contributed by atoms with Gasteiger partial charge < -0.3 is 15.2 Å². The Morgan fingerprint density at radius 2 is 2.16 bits per heavy atom. The van der Waals surface area contributed by atoms with Gasteiger partial charge in [0.1, 0.15) is 5.75 Å². The van der Waals surface area contributed by atoms with E-state index in [9.17, 15) is 13.9 Å². The van der Waals surface area contributed by atoms with Crippen molar-refractivity contribution in [1.29, 1.82) is 0 Å². The SMILES string of the molecule is OC(CNCc1cc(Cl)ccc1OC(F)F)C1CC1. The zero-order valence-electron chi connectivity index (χ0n) is 10.3. The Morgan fingerprint density at radius 1 is 1.42 bits per heavy atom. The minimum absolute atomic E-state index is 0.104. The summed E-state index contributed by atoms with van der Waals surface area (Å²) in [7, 11) is 0. The zero-order chi connectivity index (χ0) is 13.8. The zero-order valence-corrected chi connectivity index (χ0v) is 11.0. The van der Waals surface area contributed by atoms with Crippen LogP contribution in [-0.2, 0) is 6.54 Å². The van der Waals surface area contributed by atoms with E-state index in [2.05, 4.69) is 10.1 Å². The predicted octanol–water partition coefficient (Wildman–Crippen LogP) is 2.80. The lowest BCUT2D eigenvalue weighted by Gasteiger charge is -2.14. The van der Waals surface area contributed by atoms with Crippen molar-refractivity contribution in [2.24, 2.45) is 5.92 Å². The average Bonchev–Trinajstić information content (AvgIpc) is 3.16. The topological polar surface area (TPSA) is 41.5 Å². The first-order chi connectivity index (χ1) is 9.06. The maximum Gasteiger partial charge on any atom is 0.387 e. The van der Waals surface area contributed by atoms with E-state index in [0.717, 1.165) is 12.8 Å². The molecule has 1 aromatic carbocycles. The molecule has 1 fully saturated rings. The van der Waals surface area contributed by atoms with Crippen molar-refractivity contribution in [2.75, 3.05) is 6.54 Å². The van der Waals surface area contributed by atoms with Gasteiger partial charge in [0.15, 0.2) is 0 Å². The van der Waals surface area contributed by atoms with Gasteiger partial charge in [0.25, 0.3) is 0 Å². The fourth-order valence-electron chi connectivity index (χ4n) is 1.90. The molecule has 0 aromatic heterocycles. The van der Waals surface area contributed by atoms with Crippen LogP contribution in [0.4, 0.5) is 8.78 Å². The molecular formula is C13H16ClF2NO2. The van der Waals surface area contributed by atoms with Crippen LogP contribution in [0.15, 0.2) is 18.2 Å². The Hall–Kier alpha value is -0.910. The second kappa shape index (κ2) is 6.50. The van der Waals surface area contributed by atoms with E-state index in [4.69, 9.17) is 11.6 Å². The average molecular weight is 292 g/mol. The molecule has 0 bridgehead atoms. The molecule has 1 unspecified atom stereocenters. The number of benzene rings is 1. The third-order valence-corrected chi connectivity index (χ3v) is 3.31. The van der Waals surface area contributed by atoms with Gasteiger partial charge in [-0.2, -0.15) is 8.78 Å². The lowest BCUT2D eigenvalue weighted by molar-refractivity contribution is -0.0505. The molecule has 2 N–H and O–H groups in total. The minimum atomic E-state index is -2.86. The summed E-state index contributed by atoms with van der Waals surface area (Å²) < 4.78 is 28.9. The van der Waals surface area contributed by atoms with Gasteiger partial charge in [0.05, 0.1) is 6.10 Å². The molecule has 1 atom stereocenters. The highest BCUT2D eigenvalue weighted by atomic mass is 35.5. The van der Waals surface area contributed by atoms with Crippen molar-refractivity contribution in [1.82, 2.24) is 5.32 Å². The summed E-state index contributed by atoms with van der Waals surface area (Å²) >= 11 is 5.84. The van der Waals surface area contributed by atoms with Crippen molar-refractivity contribution in [3.05, 3.63) is 28.8 Å². The molecule has 2 rings (SSSR count). The summed E-state index contributed by atoms with van der Waals surface area (Å²) in [6, 6.07) is 4.50.